The first-order chi connectivity index (χ1) is 12.1. The Labute approximate surface area is 153 Å². The van der Waals surface area contributed by atoms with Crippen LogP contribution in [0.2, 0.25) is 0 Å². The Bertz CT molecular complexity index is 593. The first-order valence-corrected chi connectivity index (χ1v) is 11.1. The predicted octanol–water partition coefficient (Wildman–Crippen LogP) is 1.49. The highest BCUT2D eigenvalue weighted by Crippen LogP contribution is 2.05. The lowest BCUT2D eigenvalue weighted by molar-refractivity contribution is 0.140. The monoisotopic (exact) mass is 380 g/mol. The standard InChI is InChI=1S/C9H14O3Si.C9H14O2Si/c1-10-13(11-2,12-3)9-7-5-4-6-8-9;1-8-6-4-5-7-9(8)12(10-2)11-3/h4-8H,1-3H3;4-7,12H,1-3H3. The third-order valence-corrected chi connectivity index (χ3v) is 8.47. The third-order valence-electron chi connectivity index (χ3n) is 3.80. The lowest BCUT2D eigenvalue weighted by atomic mass is 10.2. The fourth-order valence-electron chi connectivity index (χ4n) is 2.45. The van der Waals surface area contributed by atoms with Crippen molar-refractivity contribution >= 4 is 28.5 Å². The van der Waals surface area contributed by atoms with Crippen molar-refractivity contribution in [3.63, 3.8) is 0 Å². The van der Waals surface area contributed by atoms with Gasteiger partial charge in [-0.05, 0) is 17.7 Å². The number of hydrogen-bond acceptors (Lipinski definition) is 5. The quantitative estimate of drug-likeness (QED) is 0.681. The van der Waals surface area contributed by atoms with Crippen molar-refractivity contribution in [2.45, 2.75) is 6.92 Å². The molecule has 0 aliphatic carbocycles. The SMILES string of the molecule is CO[SiH](OC)c1ccccc1C.CO[Si](OC)(OC)c1ccccc1. The summed E-state index contributed by atoms with van der Waals surface area (Å²) in [7, 11) is 4.03. The van der Waals surface area contributed by atoms with Crippen LogP contribution >= 0.6 is 0 Å². The second-order valence-corrected chi connectivity index (χ2v) is 10.3. The maximum atomic E-state index is 5.32. The van der Waals surface area contributed by atoms with Crippen molar-refractivity contribution in [1.29, 1.82) is 0 Å². The van der Waals surface area contributed by atoms with E-state index in [0.717, 1.165) is 5.19 Å². The van der Waals surface area contributed by atoms with Gasteiger partial charge in [0.15, 0.2) is 0 Å². The van der Waals surface area contributed by atoms with E-state index in [4.69, 9.17) is 22.1 Å². The number of hydrogen-bond donors (Lipinski definition) is 0. The van der Waals surface area contributed by atoms with Gasteiger partial charge in [-0.1, -0.05) is 54.6 Å². The van der Waals surface area contributed by atoms with Crippen LogP contribution in [0.4, 0.5) is 0 Å². The number of aryl methyl sites for hydroxylation is 1. The van der Waals surface area contributed by atoms with Crippen LogP contribution in [0.15, 0.2) is 54.6 Å². The summed E-state index contributed by atoms with van der Waals surface area (Å²) < 4.78 is 26.5. The van der Waals surface area contributed by atoms with E-state index >= 15 is 0 Å². The molecule has 0 aromatic heterocycles. The van der Waals surface area contributed by atoms with Crippen LogP contribution in [-0.2, 0) is 22.1 Å². The Kier molecular flexibility index (Phi) is 9.83. The molecule has 0 heterocycles. The van der Waals surface area contributed by atoms with Crippen molar-refractivity contribution in [1.82, 2.24) is 0 Å². The summed E-state index contributed by atoms with van der Waals surface area (Å²) in [5.41, 5.74) is 1.25. The van der Waals surface area contributed by atoms with Crippen molar-refractivity contribution in [3.8, 4) is 0 Å². The van der Waals surface area contributed by atoms with Gasteiger partial charge in [0.2, 0.25) is 0 Å². The largest absolute Gasteiger partial charge is 0.536 e. The molecule has 5 nitrogen and oxygen atoms in total. The Hall–Kier alpha value is -1.33. The molecule has 7 heteroatoms. The molecular weight excluding hydrogens is 352 g/mol. The zero-order valence-electron chi connectivity index (χ0n) is 15.8. The average Bonchev–Trinajstić information content (AvgIpc) is 2.67. The topological polar surface area (TPSA) is 46.2 Å². The molecule has 0 saturated heterocycles. The molecule has 0 aliphatic heterocycles. The highest BCUT2D eigenvalue weighted by Gasteiger charge is 2.40. The van der Waals surface area contributed by atoms with Crippen molar-refractivity contribution in [2.24, 2.45) is 0 Å². The lowest BCUT2D eigenvalue weighted by Crippen LogP contribution is -2.54. The molecule has 0 unspecified atom stereocenters. The summed E-state index contributed by atoms with van der Waals surface area (Å²) >= 11 is 0. The van der Waals surface area contributed by atoms with Crippen LogP contribution in [-0.4, -0.2) is 53.6 Å². The summed E-state index contributed by atoms with van der Waals surface area (Å²) in [6.45, 7) is 2.08. The van der Waals surface area contributed by atoms with Gasteiger partial charge in [0.05, 0.1) is 0 Å². The Balaban J connectivity index is 0.000000251. The maximum absolute atomic E-state index is 5.32. The molecule has 0 N–H and O–H groups in total. The van der Waals surface area contributed by atoms with E-state index in [2.05, 4.69) is 19.1 Å². The van der Waals surface area contributed by atoms with Gasteiger partial charge in [-0.2, -0.15) is 0 Å². The van der Waals surface area contributed by atoms with Crippen LogP contribution in [0.1, 0.15) is 5.56 Å². The number of benzene rings is 2. The van der Waals surface area contributed by atoms with Gasteiger partial charge >= 0.3 is 18.1 Å². The molecule has 0 atom stereocenters. The number of rotatable bonds is 7. The summed E-state index contributed by atoms with van der Waals surface area (Å²) in [6.07, 6.45) is 0. The summed E-state index contributed by atoms with van der Waals surface area (Å²) in [6, 6.07) is 17.9. The van der Waals surface area contributed by atoms with E-state index < -0.39 is 18.1 Å². The van der Waals surface area contributed by atoms with Gasteiger partial charge in [-0.3, -0.25) is 0 Å². The van der Waals surface area contributed by atoms with Gasteiger partial charge < -0.3 is 22.1 Å². The molecule has 0 bridgehead atoms. The zero-order valence-corrected chi connectivity index (χ0v) is 18.0. The molecule has 0 aliphatic rings. The molecule has 0 fully saturated rings. The van der Waals surface area contributed by atoms with Crippen LogP contribution in [0.25, 0.3) is 0 Å². The van der Waals surface area contributed by atoms with Crippen LogP contribution in [0, 0.1) is 6.92 Å². The molecule has 2 aromatic rings. The smallest absolute Gasteiger partial charge is 0.397 e. The van der Waals surface area contributed by atoms with Gasteiger partial charge in [-0.25, -0.2) is 0 Å². The van der Waals surface area contributed by atoms with E-state index in [0.29, 0.717) is 0 Å². The van der Waals surface area contributed by atoms with Gasteiger partial charge in [0.25, 0.3) is 0 Å². The normalized spacial score (nSPS) is 11.2. The molecule has 138 valence electrons. The summed E-state index contributed by atoms with van der Waals surface area (Å²) in [5, 5.41) is 2.20. The molecule has 2 aromatic carbocycles. The second kappa shape index (κ2) is 11.3. The minimum absolute atomic E-state index is 0.975. The van der Waals surface area contributed by atoms with E-state index in [1.165, 1.54) is 10.8 Å². The fraction of sp³-hybridized carbons (Fsp3) is 0.333. The fourth-order valence-corrected chi connectivity index (χ4v) is 5.69. The highest BCUT2D eigenvalue weighted by molar-refractivity contribution is 6.75. The Morgan fingerprint density at radius 3 is 1.60 bits per heavy atom. The zero-order chi connectivity index (χ0) is 18.7. The Morgan fingerprint density at radius 2 is 1.16 bits per heavy atom. The summed E-state index contributed by atoms with van der Waals surface area (Å²) in [5.74, 6) is 0. The van der Waals surface area contributed by atoms with Crippen molar-refractivity contribution in [3.05, 3.63) is 60.2 Å². The third kappa shape index (κ3) is 5.86. The second-order valence-electron chi connectivity index (χ2n) is 5.19. The van der Waals surface area contributed by atoms with Crippen molar-refractivity contribution in [2.75, 3.05) is 35.5 Å². The molecular formula is C18H28O5Si2. The molecule has 0 amide bonds. The van der Waals surface area contributed by atoms with E-state index in [1.54, 1.807) is 35.5 Å². The summed E-state index contributed by atoms with van der Waals surface area (Å²) in [4.78, 5) is 0. The maximum Gasteiger partial charge on any atom is 0.536 e. The molecule has 0 spiro atoms. The minimum Gasteiger partial charge on any atom is -0.397 e. The van der Waals surface area contributed by atoms with Gasteiger partial charge in [0.1, 0.15) is 0 Å². The lowest BCUT2D eigenvalue weighted by Gasteiger charge is -2.24. The highest BCUT2D eigenvalue weighted by atomic mass is 28.4. The van der Waals surface area contributed by atoms with Crippen LogP contribution < -0.4 is 10.4 Å². The van der Waals surface area contributed by atoms with E-state index in [-0.39, 0.29) is 0 Å². The Morgan fingerprint density at radius 1 is 0.680 bits per heavy atom. The van der Waals surface area contributed by atoms with Crippen molar-refractivity contribution < 1.29 is 22.1 Å². The molecule has 2 rings (SSSR count). The van der Waals surface area contributed by atoms with Gasteiger partial charge in [-0.15, -0.1) is 0 Å². The molecule has 25 heavy (non-hydrogen) atoms. The first kappa shape index (κ1) is 21.7. The van der Waals surface area contributed by atoms with Gasteiger partial charge in [0, 0.05) is 40.7 Å². The van der Waals surface area contributed by atoms with Crippen LogP contribution in [0.5, 0.6) is 0 Å². The first-order valence-electron chi connectivity index (χ1n) is 7.90. The average molecular weight is 381 g/mol. The molecule has 0 radical (unpaired) electrons. The van der Waals surface area contributed by atoms with Crippen LogP contribution in [0.3, 0.4) is 0 Å². The predicted molar refractivity (Wildman–Crippen MR) is 105 cm³/mol. The molecule has 0 saturated carbocycles. The van der Waals surface area contributed by atoms with E-state index in [1.807, 2.05) is 42.5 Å². The van der Waals surface area contributed by atoms with E-state index in [9.17, 15) is 0 Å². The minimum atomic E-state index is -2.59.